The quantitative estimate of drug-likeness (QED) is 0.631. The summed E-state index contributed by atoms with van der Waals surface area (Å²) in [6.07, 6.45) is 1.93. The molecule has 0 bridgehead atoms. The second-order valence-electron chi connectivity index (χ2n) is 7.82. The zero-order valence-electron chi connectivity index (χ0n) is 17.3. The molecule has 0 spiro atoms. The van der Waals surface area contributed by atoms with Crippen LogP contribution in [0.5, 0.6) is 0 Å². The van der Waals surface area contributed by atoms with Crippen molar-refractivity contribution in [2.75, 3.05) is 5.32 Å². The van der Waals surface area contributed by atoms with Gasteiger partial charge in [-0.15, -0.1) is 0 Å². The second kappa shape index (κ2) is 8.53. The minimum Gasteiger partial charge on any atom is -0.348 e. The monoisotopic (exact) mass is 402 g/mol. The second-order valence-corrected chi connectivity index (χ2v) is 7.82. The molecule has 0 atom stereocenters. The topological polar surface area (TPSA) is 76.0 Å². The summed E-state index contributed by atoms with van der Waals surface area (Å²) >= 11 is 0. The number of hydrogen-bond donors (Lipinski definition) is 2. The van der Waals surface area contributed by atoms with E-state index in [0.717, 1.165) is 35.5 Å². The molecular weight excluding hydrogens is 376 g/mol. The van der Waals surface area contributed by atoms with Gasteiger partial charge >= 0.3 is 0 Å². The van der Waals surface area contributed by atoms with Crippen LogP contribution in [-0.2, 0) is 17.9 Å². The number of benzene rings is 2. The van der Waals surface area contributed by atoms with Crippen LogP contribution in [0.15, 0.2) is 54.6 Å². The first kappa shape index (κ1) is 19.9. The molecule has 3 aromatic rings. The predicted molar refractivity (Wildman–Crippen MR) is 116 cm³/mol. The molecule has 0 aliphatic heterocycles. The van der Waals surface area contributed by atoms with Crippen LogP contribution in [-0.4, -0.2) is 21.6 Å². The third kappa shape index (κ3) is 4.59. The van der Waals surface area contributed by atoms with Gasteiger partial charge in [-0.25, -0.2) is 0 Å². The fraction of sp³-hybridized carbons (Fsp3) is 0.292. The number of aromatic nitrogens is 2. The highest BCUT2D eigenvalue weighted by Crippen LogP contribution is 2.30. The Morgan fingerprint density at radius 3 is 2.40 bits per heavy atom. The highest BCUT2D eigenvalue weighted by Gasteiger charge is 2.29. The van der Waals surface area contributed by atoms with Gasteiger partial charge in [-0.1, -0.05) is 30.3 Å². The fourth-order valence-corrected chi connectivity index (χ4v) is 3.47. The van der Waals surface area contributed by atoms with Gasteiger partial charge in [0.25, 0.3) is 5.91 Å². The van der Waals surface area contributed by atoms with Crippen LogP contribution in [0.2, 0.25) is 0 Å². The molecule has 1 aliphatic rings. The standard InChI is InChI=1S/C24H26N4O2/c1-16-22(17(2)28(27-16)15-18-6-4-3-5-7-18)14-25-23(29)19-10-12-21(13-11-19)26-24(30)20-8-9-20/h3-7,10-13,20H,8-9,14-15H2,1-2H3,(H,25,29)(H,26,30). The van der Waals surface area contributed by atoms with Crippen LogP contribution >= 0.6 is 0 Å². The summed E-state index contributed by atoms with van der Waals surface area (Å²) in [6.45, 7) is 5.12. The van der Waals surface area contributed by atoms with Crippen LogP contribution in [0, 0.1) is 19.8 Å². The summed E-state index contributed by atoms with van der Waals surface area (Å²) in [5, 5.41) is 10.5. The van der Waals surface area contributed by atoms with E-state index in [0.29, 0.717) is 18.7 Å². The number of anilines is 1. The van der Waals surface area contributed by atoms with E-state index in [1.54, 1.807) is 24.3 Å². The molecule has 0 unspecified atom stereocenters. The maximum Gasteiger partial charge on any atom is 0.251 e. The Bertz CT molecular complexity index is 1050. The summed E-state index contributed by atoms with van der Waals surface area (Å²) in [5.41, 5.74) is 5.47. The van der Waals surface area contributed by atoms with Crippen molar-refractivity contribution in [2.45, 2.75) is 39.8 Å². The van der Waals surface area contributed by atoms with E-state index >= 15 is 0 Å². The van der Waals surface area contributed by atoms with Gasteiger partial charge in [0.1, 0.15) is 0 Å². The Kier molecular flexibility index (Phi) is 5.65. The zero-order valence-corrected chi connectivity index (χ0v) is 17.3. The number of nitrogens with one attached hydrogen (secondary N) is 2. The Labute approximate surface area is 176 Å². The highest BCUT2D eigenvalue weighted by molar-refractivity contribution is 5.96. The average molecular weight is 402 g/mol. The van der Waals surface area contributed by atoms with Gasteiger partial charge in [-0.2, -0.15) is 5.10 Å². The number of aryl methyl sites for hydroxylation is 1. The molecule has 6 nitrogen and oxygen atoms in total. The molecule has 1 aromatic heterocycles. The first-order valence-electron chi connectivity index (χ1n) is 10.3. The van der Waals surface area contributed by atoms with Gasteiger partial charge in [-0.3, -0.25) is 14.3 Å². The summed E-state index contributed by atoms with van der Waals surface area (Å²) in [6, 6.07) is 17.2. The minimum atomic E-state index is -0.148. The van der Waals surface area contributed by atoms with Crippen molar-refractivity contribution >= 4 is 17.5 Å². The van der Waals surface area contributed by atoms with E-state index in [1.807, 2.05) is 36.7 Å². The Morgan fingerprint density at radius 1 is 1.03 bits per heavy atom. The number of rotatable bonds is 7. The summed E-state index contributed by atoms with van der Waals surface area (Å²) < 4.78 is 1.98. The molecule has 0 radical (unpaired) electrons. The molecule has 1 fully saturated rings. The van der Waals surface area contributed by atoms with Crippen LogP contribution in [0.25, 0.3) is 0 Å². The minimum absolute atomic E-state index is 0.0608. The molecule has 0 saturated heterocycles. The van der Waals surface area contributed by atoms with Gasteiger partial charge in [0.15, 0.2) is 0 Å². The van der Waals surface area contributed by atoms with Gasteiger partial charge in [0.05, 0.1) is 12.2 Å². The van der Waals surface area contributed by atoms with E-state index in [2.05, 4.69) is 27.9 Å². The molecule has 1 saturated carbocycles. The molecule has 30 heavy (non-hydrogen) atoms. The van der Waals surface area contributed by atoms with E-state index in [1.165, 1.54) is 5.56 Å². The largest absolute Gasteiger partial charge is 0.348 e. The van der Waals surface area contributed by atoms with Gasteiger partial charge in [0, 0.05) is 35.0 Å². The first-order valence-corrected chi connectivity index (χ1v) is 10.3. The Hall–Kier alpha value is -3.41. The van der Waals surface area contributed by atoms with E-state index in [4.69, 9.17) is 0 Å². The zero-order chi connectivity index (χ0) is 21.1. The highest BCUT2D eigenvalue weighted by atomic mass is 16.2. The lowest BCUT2D eigenvalue weighted by atomic mass is 10.1. The lowest BCUT2D eigenvalue weighted by molar-refractivity contribution is -0.117. The molecule has 6 heteroatoms. The van der Waals surface area contributed by atoms with Crippen molar-refractivity contribution in [3.8, 4) is 0 Å². The van der Waals surface area contributed by atoms with Gasteiger partial charge in [-0.05, 0) is 56.5 Å². The number of amides is 2. The van der Waals surface area contributed by atoms with Gasteiger partial charge < -0.3 is 10.6 Å². The molecule has 1 heterocycles. The molecule has 1 aliphatic carbocycles. The third-order valence-electron chi connectivity index (χ3n) is 5.50. The first-order chi connectivity index (χ1) is 14.5. The predicted octanol–water partition coefficient (Wildman–Crippen LogP) is 3.83. The third-order valence-corrected chi connectivity index (χ3v) is 5.50. The summed E-state index contributed by atoms with van der Waals surface area (Å²) in [5.74, 6) is 0.0672. The summed E-state index contributed by atoms with van der Waals surface area (Å²) in [4.78, 5) is 24.4. The van der Waals surface area contributed by atoms with E-state index in [-0.39, 0.29) is 17.7 Å². The number of nitrogens with zero attached hydrogens (tertiary/aromatic N) is 2. The number of carbonyl (C=O) groups is 2. The van der Waals surface area contributed by atoms with Crippen molar-refractivity contribution in [3.63, 3.8) is 0 Å². The number of hydrogen-bond acceptors (Lipinski definition) is 3. The van der Waals surface area contributed by atoms with Crippen molar-refractivity contribution in [3.05, 3.63) is 82.7 Å². The molecule has 2 N–H and O–H groups in total. The maximum atomic E-state index is 12.6. The van der Waals surface area contributed by atoms with Gasteiger partial charge in [0.2, 0.25) is 5.91 Å². The molecule has 2 aromatic carbocycles. The molecular formula is C24H26N4O2. The lowest BCUT2D eigenvalue weighted by Gasteiger charge is -2.09. The SMILES string of the molecule is Cc1nn(Cc2ccccc2)c(C)c1CNC(=O)c1ccc(NC(=O)C2CC2)cc1. The fourth-order valence-electron chi connectivity index (χ4n) is 3.47. The smallest absolute Gasteiger partial charge is 0.251 e. The molecule has 2 amide bonds. The normalized spacial score (nSPS) is 13.1. The van der Waals surface area contributed by atoms with Crippen molar-refractivity contribution in [1.82, 2.24) is 15.1 Å². The van der Waals surface area contributed by atoms with E-state index in [9.17, 15) is 9.59 Å². The number of carbonyl (C=O) groups excluding carboxylic acids is 2. The Balaban J connectivity index is 1.37. The van der Waals surface area contributed by atoms with Crippen molar-refractivity contribution < 1.29 is 9.59 Å². The Morgan fingerprint density at radius 2 is 1.73 bits per heavy atom. The van der Waals surface area contributed by atoms with Crippen LogP contribution < -0.4 is 10.6 Å². The maximum absolute atomic E-state index is 12.6. The van der Waals surface area contributed by atoms with Crippen LogP contribution in [0.3, 0.4) is 0 Å². The van der Waals surface area contributed by atoms with Crippen molar-refractivity contribution in [2.24, 2.45) is 5.92 Å². The summed E-state index contributed by atoms with van der Waals surface area (Å²) in [7, 11) is 0. The van der Waals surface area contributed by atoms with Crippen LogP contribution in [0.1, 0.15) is 45.7 Å². The average Bonchev–Trinajstić information content (AvgIpc) is 3.56. The van der Waals surface area contributed by atoms with Crippen LogP contribution in [0.4, 0.5) is 5.69 Å². The van der Waals surface area contributed by atoms with E-state index < -0.39 is 0 Å². The van der Waals surface area contributed by atoms with Crippen molar-refractivity contribution in [1.29, 1.82) is 0 Å². The molecule has 4 rings (SSSR count). The lowest BCUT2D eigenvalue weighted by Crippen LogP contribution is -2.23. The molecule has 154 valence electrons.